The topological polar surface area (TPSA) is 84.3 Å². The molecule has 1 amide bonds. The first-order chi connectivity index (χ1) is 8.52. The van der Waals surface area contributed by atoms with Crippen LogP contribution in [-0.4, -0.2) is 23.9 Å². The largest absolute Gasteiger partial charge is 0.384 e. The van der Waals surface area contributed by atoms with Crippen LogP contribution in [0.4, 0.5) is 15.8 Å². The number of nitro groups is 1. The summed E-state index contributed by atoms with van der Waals surface area (Å²) in [5.41, 5.74) is -0.0403. The molecule has 0 saturated heterocycles. The molecule has 1 rings (SSSR count). The van der Waals surface area contributed by atoms with Crippen LogP contribution in [0.15, 0.2) is 18.2 Å². The molecule has 0 spiro atoms. The van der Waals surface area contributed by atoms with E-state index in [-0.39, 0.29) is 30.2 Å². The fourth-order valence-electron chi connectivity index (χ4n) is 1.39. The lowest BCUT2D eigenvalue weighted by atomic mass is 10.2. The summed E-state index contributed by atoms with van der Waals surface area (Å²) < 4.78 is 13.1. The fourth-order valence-corrected chi connectivity index (χ4v) is 1.39. The summed E-state index contributed by atoms with van der Waals surface area (Å²) >= 11 is 0. The van der Waals surface area contributed by atoms with E-state index in [1.54, 1.807) is 6.92 Å². The average Bonchev–Trinajstić information content (AvgIpc) is 2.28. The lowest BCUT2D eigenvalue weighted by Gasteiger charge is -2.06. The Morgan fingerprint density at radius 1 is 1.44 bits per heavy atom. The molecule has 0 aromatic heterocycles. The number of nitrogens with zero attached hydrogens (tertiary/aromatic N) is 1. The van der Waals surface area contributed by atoms with E-state index < -0.39 is 10.7 Å². The van der Waals surface area contributed by atoms with Gasteiger partial charge in [-0.25, -0.2) is 4.39 Å². The van der Waals surface area contributed by atoms with Crippen LogP contribution in [0, 0.1) is 15.9 Å². The van der Waals surface area contributed by atoms with E-state index in [9.17, 15) is 19.3 Å². The van der Waals surface area contributed by atoms with Crippen LogP contribution in [0.1, 0.15) is 13.3 Å². The Labute approximate surface area is 103 Å². The fraction of sp³-hybridized carbons (Fsp3) is 0.364. The molecule has 0 unspecified atom stereocenters. The Morgan fingerprint density at radius 3 is 2.78 bits per heavy atom. The molecular formula is C11H14FN3O3. The van der Waals surface area contributed by atoms with Crippen molar-refractivity contribution in [3.05, 3.63) is 34.1 Å². The standard InChI is InChI=1S/C11H14FN3O3/c1-2-13-11(16)3-4-14-9-5-8(12)6-10(7-9)15(17)18/h5-7,14H,2-4H2,1H3,(H,13,16). The molecule has 0 aliphatic carbocycles. The van der Waals surface area contributed by atoms with Gasteiger partial charge in [-0.3, -0.25) is 14.9 Å². The molecule has 1 aromatic carbocycles. The van der Waals surface area contributed by atoms with Gasteiger partial charge in [-0.1, -0.05) is 0 Å². The maximum absolute atomic E-state index is 13.1. The van der Waals surface area contributed by atoms with Crippen molar-refractivity contribution in [3.8, 4) is 0 Å². The van der Waals surface area contributed by atoms with E-state index in [0.29, 0.717) is 6.54 Å². The summed E-state index contributed by atoms with van der Waals surface area (Å²) in [7, 11) is 0. The van der Waals surface area contributed by atoms with Gasteiger partial charge in [0.2, 0.25) is 5.91 Å². The maximum Gasteiger partial charge on any atom is 0.274 e. The minimum absolute atomic E-state index is 0.129. The molecule has 0 fully saturated rings. The molecule has 1 aromatic rings. The second-order valence-electron chi connectivity index (χ2n) is 3.59. The van der Waals surface area contributed by atoms with Gasteiger partial charge >= 0.3 is 0 Å². The lowest BCUT2D eigenvalue weighted by Crippen LogP contribution is -2.24. The average molecular weight is 255 g/mol. The summed E-state index contributed by atoms with van der Waals surface area (Å²) in [5.74, 6) is -0.819. The van der Waals surface area contributed by atoms with E-state index in [4.69, 9.17) is 0 Å². The minimum atomic E-state index is -0.690. The highest BCUT2D eigenvalue weighted by atomic mass is 19.1. The van der Waals surface area contributed by atoms with Gasteiger partial charge in [0, 0.05) is 31.3 Å². The number of halogens is 1. The van der Waals surface area contributed by atoms with Crippen molar-refractivity contribution in [2.24, 2.45) is 0 Å². The number of rotatable bonds is 6. The predicted molar refractivity (Wildman–Crippen MR) is 64.8 cm³/mol. The number of non-ortho nitro benzene ring substituents is 1. The van der Waals surface area contributed by atoms with Gasteiger partial charge < -0.3 is 10.6 Å². The van der Waals surface area contributed by atoms with E-state index in [0.717, 1.165) is 12.1 Å². The summed E-state index contributed by atoms with van der Waals surface area (Å²) in [5, 5.41) is 15.9. The van der Waals surface area contributed by atoms with Gasteiger partial charge in [0.25, 0.3) is 5.69 Å². The van der Waals surface area contributed by atoms with E-state index >= 15 is 0 Å². The quantitative estimate of drug-likeness (QED) is 0.598. The highest BCUT2D eigenvalue weighted by Gasteiger charge is 2.09. The van der Waals surface area contributed by atoms with Gasteiger partial charge in [0.15, 0.2) is 0 Å². The lowest BCUT2D eigenvalue weighted by molar-refractivity contribution is -0.385. The number of carbonyl (C=O) groups is 1. The molecule has 6 nitrogen and oxygen atoms in total. The number of hydrogen-bond donors (Lipinski definition) is 2. The van der Waals surface area contributed by atoms with Crippen molar-refractivity contribution in [2.75, 3.05) is 18.4 Å². The summed E-state index contributed by atoms with van der Waals surface area (Å²) in [6.45, 7) is 2.64. The highest BCUT2D eigenvalue weighted by Crippen LogP contribution is 2.19. The zero-order valence-corrected chi connectivity index (χ0v) is 9.90. The molecule has 18 heavy (non-hydrogen) atoms. The third-order valence-corrected chi connectivity index (χ3v) is 2.15. The molecule has 0 atom stereocenters. The zero-order valence-electron chi connectivity index (χ0n) is 9.90. The van der Waals surface area contributed by atoms with Gasteiger partial charge in [-0.15, -0.1) is 0 Å². The van der Waals surface area contributed by atoms with Crippen LogP contribution >= 0.6 is 0 Å². The van der Waals surface area contributed by atoms with Gasteiger partial charge in [0.1, 0.15) is 5.82 Å². The second-order valence-corrected chi connectivity index (χ2v) is 3.59. The molecule has 0 bridgehead atoms. The summed E-state index contributed by atoms with van der Waals surface area (Å²) in [6, 6.07) is 3.21. The van der Waals surface area contributed by atoms with Crippen molar-refractivity contribution < 1.29 is 14.1 Å². The third-order valence-electron chi connectivity index (χ3n) is 2.15. The van der Waals surface area contributed by atoms with Crippen LogP contribution in [0.5, 0.6) is 0 Å². The number of nitro benzene ring substituents is 1. The number of nitrogens with one attached hydrogen (secondary N) is 2. The Kier molecular flexibility index (Phi) is 5.04. The second kappa shape index (κ2) is 6.53. The molecule has 7 heteroatoms. The van der Waals surface area contributed by atoms with Crippen molar-refractivity contribution in [1.82, 2.24) is 5.32 Å². The normalized spacial score (nSPS) is 9.89. The Bertz CT molecular complexity index is 451. The molecule has 98 valence electrons. The number of hydrogen-bond acceptors (Lipinski definition) is 4. The number of carbonyl (C=O) groups excluding carboxylic acids is 1. The molecule has 0 heterocycles. The summed E-state index contributed by atoms with van der Waals surface area (Å²) in [4.78, 5) is 21.0. The van der Waals surface area contributed by atoms with Gasteiger partial charge in [-0.05, 0) is 13.0 Å². The van der Waals surface area contributed by atoms with Crippen molar-refractivity contribution in [2.45, 2.75) is 13.3 Å². The summed E-state index contributed by atoms with van der Waals surface area (Å²) in [6.07, 6.45) is 0.220. The molecular weight excluding hydrogens is 241 g/mol. The van der Waals surface area contributed by atoms with Crippen LogP contribution < -0.4 is 10.6 Å². The van der Waals surface area contributed by atoms with Gasteiger partial charge in [0.05, 0.1) is 11.0 Å². The maximum atomic E-state index is 13.1. The van der Waals surface area contributed by atoms with Crippen molar-refractivity contribution >= 4 is 17.3 Å². The Morgan fingerprint density at radius 2 is 2.17 bits per heavy atom. The first-order valence-corrected chi connectivity index (χ1v) is 5.48. The predicted octanol–water partition coefficient (Wildman–Crippen LogP) is 1.67. The van der Waals surface area contributed by atoms with Gasteiger partial charge in [-0.2, -0.15) is 0 Å². The SMILES string of the molecule is CCNC(=O)CCNc1cc(F)cc([N+](=O)[O-])c1. The van der Waals surface area contributed by atoms with Crippen molar-refractivity contribution in [1.29, 1.82) is 0 Å². The van der Waals surface area contributed by atoms with Crippen LogP contribution in [0.3, 0.4) is 0 Å². The van der Waals surface area contributed by atoms with Crippen LogP contribution in [0.25, 0.3) is 0 Å². The van der Waals surface area contributed by atoms with Crippen LogP contribution in [0.2, 0.25) is 0 Å². The van der Waals surface area contributed by atoms with Crippen LogP contribution in [-0.2, 0) is 4.79 Å². The smallest absolute Gasteiger partial charge is 0.274 e. The zero-order chi connectivity index (χ0) is 13.5. The molecule has 0 radical (unpaired) electrons. The molecule has 0 aliphatic heterocycles. The molecule has 0 aliphatic rings. The Balaban J connectivity index is 2.57. The van der Waals surface area contributed by atoms with E-state index in [2.05, 4.69) is 10.6 Å². The first kappa shape index (κ1) is 13.9. The monoisotopic (exact) mass is 255 g/mol. The first-order valence-electron chi connectivity index (χ1n) is 5.48. The molecule has 2 N–H and O–H groups in total. The highest BCUT2D eigenvalue weighted by molar-refractivity contribution is 5.76. The minimum Gasteiger partial charge on any atom is -0.384 e. The third kappa shape index (κ3) is 4.36. The van der Waals surface area contributed by atoms with E-state index in [1.165, 1.54) is 6.07 Å². The number of anilines is 1. The molecule has 0 saturated carbocycles. The number of amides is 1. The van der Waals surface area contributed by atoms with E-state index in [1.807, 2.05) is 0 Å². The Hall–Kier alpha value is -2.18. The van der Waals surface area contributed by atoms with Crippen molar-refractivity contribution in [3.63, 3.8) is 0 Å². The number of benzene rings is 1.